The van der Waals surface area contributed by atoms with Crippen LogP contribution in [-0.4, -0.2) is 89.4 Å². The van der Waals surface area contributed by atoms with E-state index in [1.54, 1.807) is 6.20 Å². The largest absolute Gasteiger partial charge is 0.379 e. The van der Waals surface area contributed by atoms with Crippen LogP contribution in [0.2, 0.25) is 0 Å². The Hall–Kier alpha value is -3.11. The molecule has 5 aliphatic rings. The van der Waals surface area contributed by atoms with Crippen LogP contribution in [0, 0.1) is 0 Å². The van der Waals surface area contributed by atoms with Gasteiger partial charge in [0.05, 0.1) is 49.6 Å². The van der Waals surface area contributed by atoms with Gasteiger partial charge in [0.1, 0.15) is 17.3 Å². The first-order valence-corrected chi connectivity index (χ1v) is 13.8. The number of aromatic nitrogens is 3. The second-order valence-corrected chi connectivity index (χ2v) is 10.8. The molecule has 2 aromatic rings. The molecule has 1 N–H and O–H groups in total. The lowest BCUT2D eigenvalue weighted by molar-refractivity contribution is 0.0115. The number of pyridine rings is 1. The standard InChI is InChI=1S/C27H35N9O/c1-2-8-27(9-3-1)19-31-24-18-28-22-17-30-26(33-25(22)36(24)27)32-23-5-4-21(16-29-23)34-10-6-20(7-11-34)35-12-14-37-15-13-35/h4-5,16-18,20H,1-3,6-15,19H2,(H,29,30,32,33). The van der Waals surface area contributed by atoms with Gasteiger partial charge in [0, 0.05) is 32.2 Å². The molecule has 0 aromatic carbocycles. The Labute approximate surface area is 217 Å². The molecule has 0 radical (unpaired) electrons. The highest BCUT2D eigenvalue weighted by atomic mass is 16.5. The van der Waals surface area contributed by atoms with E-state index in [1.165, 1.54) is 37.8 Å². The highest BCUT2D eigenvalue weighted by molar-refractivity contribution is 6.39. The van der Waals surface area contributed by atoms with Gasteiger partial charge in [-0.05, 0) is 37.8 Å². The lowest BCUT2D eigenvalue weighted by Gasteiger charge is -2.42. The number of ether oxygens (including phenoxy) is 1. The highest BCUT2D eigenvalue weighted by Crippen LogP contribution is 2.44. The normalized spacial score (nSPS) is 23.6. The fraction of sp³-hybridized carbons (Fsp3) is 0.593. The van der Waals surface area contributed by atoms with Gasteiger partial charge in [-0.2, -0.15) is 4.98 Å². The molecular weight excluding hydrogens is 466 g/mol. The maximum absolute atomic E-state index is 5.52. The Balaban J connectivity index is 1.03. The topological polar surface area (TPSA) is 94.4 Å². The van der Waals surface area contributed by atoms with Gasteiger partial charge >= 0.3 is 0 Å². The van der Waals surface area contributed by atoms with E-state index in [4.69, 9.17) is 19.7 Å². The van der Waals surface area contributed by atoms with Gasteiger partial charge in [-0.1, -0.05) is 19.3 Å². The van der Waals surface area contributed by atoms with Crippen molar-refractivity contribution < 1.29 is 4.74 Å². The number of amidine groups is 1. The molecule has 0 amide bonds. The van der Waals surface area contributed by atoms with Crippen molar-refractivity contribution >= 4 is 41.0 Å². The third kappa shape index (κ3) is 4.35. The molecule has 194 valence electrons. The molecule has 10 heteroatoms. The number of hydrogen-bond acceptors (Lipinski definition) is 10. The van der Waals surface area contributed by atoms with Crippen molar-refractivity contribution in [2.75, 3.05) is 61.1 Å². The molecule has 3 fully saturated rings. The van der Waals surface area contributed by atoms with Gasteiger partial charge in [-0.15, -0.1) is 0 Å². The number of anilines is 4. The molecule has 0 atom stereocenters. The van der Waals surface area contributed by atoms with Crippen LogP contribution >= 0.6 is 0 Å². The summed E-state index contributed by atoms with van der Waals surface area (Å²) in [5, 5.41) is 3.32. The van der Waals surface area contributed by atoms with Crippen molar-refractivity contribution in [1.82, 2.24) is 19.9 Å². The summed E-state index contributed by atoms with van der Waals surface area (Å²) in [5.41, 5.74) is 2.01. The number of fused-ring (bicyclic) bond motifs is 4. The average Bonchev–Trinajstić information content (AvgIpc) is 3.32. The van der Waals surface area contributed by atoms with Crippen molar-refractivity contribution in [3.05, 3.63) is 24.5 Å². The fourth-order valence-corrected chi connectivity index (χ4v) is 6.64. The molecule has 2 aromatic heterocycles. The molecule has 37 heavy (non-hydrogen) atoms. The summed E-state index contributed by atoms with van der Waals surface area (Å²) < 4.78 is 5.52. The minimum atomic E-state index is 0.0372. The second kappa shape index (κ2) is 9.64. The van der Waals surface area contributed by atoms with Gasteiger partial charge in [-0.25, -0.2) is 15.0 Å². The predicted molar refractivity (Wildman–Crippen MR) is 146 cm³/mol. The van der Waals surface area contributed by atoms with Crippen molar-refractivity contribution in [2.45, 2.75) is 56.5 Å². The summed E-state index contributed by atoms with van der Waals surface area (Å²) in [7, 11) is 0. The molecular formula is C27H35N9O. The number of hydrogen-bond donors (Lipinski definition) is 1. The smallest absolute Gasteiger partial charge is 0.230 e. The highest BCUT2D eigenvalue weighted by Gasteiger charge is 2.46. The summed E-state index contributed by atoms with van der Waals surface area (Å²) in [6.45, 7) is 6.82. The fourth-order valence-electron chi connectivity index (χ4n) is 6.64. The SMILES string of the molecule is C1=Nc2cnc(Nc3ccc(N4CCC(N5CCOCC5)CC4)cn3)nc2N2C1=NCC21CCCCC1. The zero-order valence-corrected chi connectivity index (χ0v) is 21.3. The van der Waals surface area contributed by atoms with E-state index in [-0.39, 0.29) is 5.54 Å². The molecule has 0 bridgehead atoms. The number of morpholine rings is 1. The first-order valence-electron chi connectivity index (χ1n) is 13.8. The number of aliphatic imine (C=N–C) groups is 2. The van der Waals surface area contributed by atoms with E-state index in [1.807, 2.05) is 18.5 Å². The molecule has 1 aliphatic carbocycles. The Morgan fingerprint density at radius 2 is 1.78 bits per heavy atom. The average molecular weight is 502 g/mol. The first kappa shape index (κ1) is 23.0. The monoisotopic (exact) mass is 501 g/mol. The van der Waals surface area contributed by atoms with Gasteiger partial charge in [0.15, 0.2) is 5.82 Å². The number of piperidine rings is 1. The van der Waals surface area contributed by atoms with E-state index in [2.05, 4.69) is 36.1 Å². The number of nitrogens with zero attached hydrogens (tertiary/aromatic N) is 8. The molecule has 7 rings (SSSR count). The lowest BCUT2D eigenvalue weighted by Crippen LogP contribution is -2.52. The van der Waals surface area contributed by atoms with E-state index >= 15 is 0 Å². The van der Waals surface area contributed by atoms with Crippen LogP contribution < -0.4 is 15.1 Å². The number of rotatable bonds is 4. The van der Waals surface area contributed by atoms with E-state index in [0.29, 0.717) is 12.0 Å². The molecule has 1 spiro atoms. The van der Waals surface area contributed by atoms with Crippen molar-refractivity contribution in [3.8, 4) is 0 Å². The summed E-state index contributed by atoms with van der Waals surface area (Å²) in [5.74, 6) is 3.07. The molecule has 2 saturated heterocycles. The van der Waals surface area contributed by atoms with E-state index in [9.17, 15) is 0 Å². The van der Waals surface area contributed by atoms with Crippen LogP contribution in [0.25, 0.3) is 0 Å². The summed E-state index contributed by atoms with van der Waals surface area (Å²) in [6, 6.07) is 4.85. The van der Waals surface area contributed by atoms with Crippen LogP contribution in [-0.2, 0) is 4.74 Å². The third-order valence-corrected chi connectivity index (χ3v) is 8.68. The van der Waals surface area contributed by atoms with Crippen LogP contribution in [0.4, 0.5) is 29.0 Å². The Morgan fingerprint density at radius 1 is 0.946 bits per heavy atom. The molecule has 4 aliphatic heterocycles. The van der Waals surface area contributed by atoms with Crippen LogP contribution in [0.5, 0.6) is 0 Å². The van der Waals surface area contributed by atoms with Crippen molar-refractivity contribution in [2.24, 2.45) is 9.98 Å². The Kier molecular flexibility index (Phi) is 6.01. The summed E-state index contributed by atoms with van der Waals surface area (Å²) >= 11 is 0. The van der Waals surface area contributed by atoms with Gasteiger partial charge in [0.2, 0.25) is 5.95 Å². The first-order chi connectivity index (χ1) is 18.3. The van der Waals surface area contributed by atoms with Gasteiger partial charge in [0.25, 0.3) is 0 Å². The molecule has 0 unspecified atom stereocenters. The zero-order valence-electron chi connectivity index (χ0n) is 21.3. The maximum atomic E-state index is 5.52. The predicted octanol–water partition coefficient (Wildman–Crippen LogP) is 3.55. The van der Waals surface area contributed by atoms with E-state index < -0.39 is 0 Å². The van der Waals surface area contributed by atoms with Gasteiger partial charge < -0.3 is 15.0 Å². The minimum absolute atomic E-state index is 0.0372. The number of nitrogens with one attached hydrogen (secondary N) is 1. The van der Waals surface area contributed by atoms with Gasteiger partial charge in [-0.3, -0.25) is 14.8 Å². The molecule has 10 nitrogen and oxygen atoms in total. The lowest BCUT2D eigenvalue weighted by atomic mass is 9.80. The molecule has 6 heterocycles. The second-order valence-electron chi connectivity index (χ2n) is 10.8. The molecule has 1 saturated carbocycles. The minimum Gasteiger partial charge on any atom is -0.379 e. The quantitative estimate of drug-likeness (QED) is 0.680. The Bertz CT molecular complexity index is 1180. The maximum Gasteiger partial charge on any atom is 0.230 e. The van der Waals surface area contributed by atoms with Crippen LogP contribution in [0.3, 0.4) is 0 Å². The zero-order chi connectivity index (χ0) is 24.7. The third-order valence-electron chi connectivity index (χ3n) is 8.68. The van der Waals surface area contributed by atoms with Crippen LogP contribution in [0.1, 0.15) is 44.9 Å². The summed E-state index contributed by atoms with van der Waals surface area (Å²) in [6.07, 6.45) is 14.1. The summed E-state index contributed by atoms with van der Waals surface area (Å²) in [4.78, 5) is 30.9. The van der Waals surface area contributed by atoms with Crippen molar-refractivity contribution in [1.29, 1.82) is 0 Å². The Morgan fingerprint density at radius 3 is 2.57 bits per heavy atom. The van der Waals surface area contributed by atoms with Crippen molar-refractivity contribution in [3.63, 3.8) is 0 Å². The van der Waals surface area contributed by atoms with E-state index in [0.717, 1.165) is 81.9 Å². The van der Waals surface area contributed by atoms with Crippen LogP contribution in [0.15, 0.2) is 34.5 Å².